The van der Waals surface area contributed by atoms with Crippen molar-refractivity contribution in [2.45, 2.75) is 19.8 Å². The van der Waals surface area contributed by atoms with E-state index in [9.17, 15) is 0 Å². The van der Waals surface area contributed by atoms with Gasteiger partial charge in [0, 0.05) is 19.8 Å². The maximum Gasteiger partial charge on any atom is 0.0396 e. The van der Waals surface area contributed by atoms with E-state index in [0.29, 0.717) is 0 Å². The van der Waals surface area contributed by atoms with Gasteiger partial charge in [0.15, 0.2) is 0 Å². The first-order chi connectivity index (χ1) is 6.69. The molecule has 0 radical (unpaired) electrons. The van der Waals surface area contributed by atoms with Crippen molar-refractivity contribution in [2.24, 2.45) is 0 Å². The Balaban J connectivity index is 3.03. The Morgan fingerprint density at radius 3 is 2.50 bits per heavy atom. The van der Waals surface area contributed by atoms with Crippen molar-refractivity contribution < 1.29 is 0 Å². The molecule has 0 aliphatic heterocycles. The van der Waals surface area contributed by atoms with Crippen LogP contribution in [0, 0.1) is 0 Å². The molecule has 1 aromatic carbocycles. The van der Waals surface area contributed by atoms with E-state index in [4.69, 9.17) is 0 Å². The normalized spacial score (nSPS) is 10.3. The standard InChI is InChI=1S/C12H19NS/c1-4-10-5-6-11(7-8-14)12(9-10)13(2)3/h5-6,9,14H,4,7-8H2,1-3H3. The van der Waals surface area contributed by atoms with Gasteiger partial charge in [-0.2, -0.15) is 12.6 Å². The van der Waals surface area contributed by atoms with Crippen LogP contribution in [0.25, 0.3) is 0 Å². The lowest BCUT2D eigenvalue weighted by atomic mass is 10.0. The van der Waals surface area contributed by atoms with Crippen molar-refractivity contribution in [2.75, 3.05) is 24.7 Å². The van der Waals surface area contributed by atoms with Crippen molar-refractivity contribution in [1.29, 1.82) is 0 Å². The van der Waals surface area contributed by atoms with E-state index in [-0.39, 0.29) is 0 Å². The smallest absolute Gasteiger partial charge is 0.0396 e. The van der Waals surface area contributed by atoms with E-state index in [1.807, 2.05) is 0 Å². The molecule has 2 heteroatoms. The second kappa shape index (κ2) is 5.30. The van der Waals surface area contributed by atoms with Crippen LogP contribution in [-0.2, 0) is 12.8 Å². The second-order valence-electron chi connectivity index (χ2n) is 3.68. The molecule has 14 heavy (non-hydrogen) atoms. The third-order valence-electron chi connectivity index (χ3n) is 2.42. The Hall–Kier alpha value is -0.630. The molecule has 0 aromatic heterocycles. The Bertz CT molecular complexity index is 294. The van der Waals surface area contributed by atoms with Gasteiger partial charge in [-0.1, -0.05) is 19.1 Å². The maximum atomic E-state index is 4.28. The summed E-state index contributed by atoms with van der Waals surface area (Å²) >= 11 is 4.28. The van der Waals surface area contributed by atoms with Crippen LogP contribution in [0.1, 0.15) is 18.1 Å². The number of benzene rings is 1. The molecule has 1 aromatic rings. The average Bonchev–Trinajstić information content (AvgIpc) is 2.18. The first-order valence-electron chi connectivity index (χ1n) is 5.09. The molecule has 0 saturated carbocycles. The van der Waals surface area contributed by atoms with Crippen LogP contribution in [0.5, 0.6) is 0 Å². The van der Waals surface area contributed by atoms with Crippen LogP contribution in [0.3, 0.4) is 0 Å². The Morgan fingerprint density at radius 2 is 2.00 bits per heavy atom. The van der Waals surface area contributed by atoms with Gasteiger partial charge in [0.1, 0.15) is 0 Å². The number of hydrogen-bond acceptors (Lipinski definition) is 2. The maximum absolute atomic E-state index is 4.28. The average molecular weight is 209 g/mol. The van der Waals surface area contributed by atoms with Gasteiger partial charge in [-0.25, -0.2) is 0 Å². The lowest BCUT2D eigenvalue weighted by molar-refractivity contribution is 1.05. The molecule has 0 N–H and O–H groups in total. The zero-order valence-electron chi connectivity index (χ0n) is 9.25. The molecule has 0 aliphatic rings. The fraction of sp³-hybridized carbons (Fsp3) is 0.500. The van der Waals surface area contributed by atoms with Gasteiger partial charge in [0.2, 0.25) is 0 Å². The highest BCUT2D eigenvalue weighted by atomic mass is 32.1. The van der Waals surface area contributed by atoms with Gasteiger partial charge in [-0.3, -0.25) is 0 Å². The summed E-state index contributed by atoms with van der Waals surface area (Å²) in [6, 6.07) is 6.72. The van der Waals surface area contributed by atoms with Gasteiger partial charge < -0.3 is 4.90 Å². The van der Waals surface area contributed by atoms with E-state index < -0.39 is 0 Å². The predicted molar refractivity (Wildman–Crippen MR) is 67.7 cm³/mol. The van der Waals surface area contributed by atoms with Gasteiger partial charge >= 0.3 is 0 Å². The number of hydrogen-bond donors (Lipinski definition) is 1. The number of thiol groups is 1. The third kappa shape index (κ3) is 2.68. The van der Waals surface area contributed by atoms with E-state index in [2.05, 4.69) is 56.7 Å². The fourth-order valence-electron chi connectivity index (χ4n) is 1.58. The Kier molecular flexibility index (Phi) is 4.33. The zero-order valence-corrected chi connectivity index (χ0v) is 10.1. The molecular weight excluding hydrogens is 190 g/mol. The topological polar surface area (TPSA) is 3.24 Å². The summed E-state index contributed by atoms with van der Waals surface area (Å²) in [4.78, 5) is 2.18. The van der Waals surface area contributed by atoms with Crippen molar-refractivity contribution in [3.63, 3.8) is 0 Å². The van der Waals surface area contributed by atoms with Crippen molar-refractivity contribution >= 4 is 18.3 Å². The van der Waals surface area contributed by atoms with Crippen LogP contribution in [0.2, 0.25) is 0 Å². The second-order valence-corrected chi connectivity index (χ2v) is 4.13. The van der Waals surface area contributed by atoms with Crippen LogP contribution in [-0.4, -0.2) is 19.8 Å². The molecule has 0 atom stereocenters. The molecular formula is C12H19NS. The number of anilines is 1. The molecule has 0 amide bonds. The monoisotopic (exact) mass is 209 g/mol. The molecule has 0 fully saturated rings. The number of rotatable bonds is 4. The largest absolute Gasteiger partial charge is 0.377 e. The molecule has 1 nitrogen and oxygen atoms in total. The summed E-state index contributed by atoms with van der Waals surface area (Å²) in [6.45, 7) is 2.19. The molecule has 1 rings (SSSR count). The first kappa shape index (κ1) is 11.4. The van der Waals surface area contributed by atoms with Crippen LogP contribution >= 0.6 is 12.6 Å². The van der Waals surface area contributed by atoms with Gasteiger partial charge in [0.05, 0.1) is 0 Å². The van der Waals surface area contributed by atoms with Crippen LogP contribution in [0.15, 0.2) is 18.2 Å². The van der Waals surface area contributed by atoms with Gasteiger partial charge in [-0.15, -0.1) is 0 Å². The molecule has 0 bridgehead atoms. The summed E-state index contributed by atoms with van der Waals surface area (Å²) in [6.07, 6.45) is 2.14. The summed E-state index contributed by atoms with van der Waals surface area (Å²) in [5.41, 5.74) is 4.12. The molecule has 0 unspecified atom stereocenters. The predicted octanol–water partition coefficient (Wildman–Crippen LogP) is 2.79. The van der Waals surface area contributed by atoms with E-state index >= 15 is 0 Å². The minimum absolute atomic E-state index is 0.909. The summed E-state index contributed by atoms with van der Waals surface area (Å²) in [5, 5.41) is 0. The quantitative estimate of drug-likeness (QED) is 0.746. The molecule has 0 aliphatic carbocycles. The van der Waals surface area contributed by atoms with Crippen LogP contribution in [0.4, 0.5) is 5.69 Å². The highest BCUT2D eigenvalue weighted by molar-refractivity contribution is 7.80. The number of aryl methyl sites for hydroxylation is 2. The molecule has 78 valence electrons. The first-order valence-corrected chi connectivity index (χ1v) is 5.72. The highest BCUT2D eigenvalue weighted by Gasteiger charge is 2.04. The van der Waals surface area contributed by atoms with E-state index in [0.717, 1.165) is 18.6 Å². The Labute approximate surface area is 92.5 Å². The molecule has 0 spiro atoms. The third-order valence-corrected chi connectivity index (χ3v) is 2.64. The van der Waals surface area contributed by atoms with Gasteiger partial charge in [0.25, 0.3) is 0 Å². The van der Waals surface area contributed by atoms with Crippen molar-refractivity contribution in [3.05, 3.63) is 29.3 Å². The zero-order chi connectivity index (χ0) is 10.6. The van der Waals surface area contributed by atoms with Gasteiger partial charge in [-0.05, 0) is 35.8 Å². The number of nitrogens with zero attached hydrogens (tertiary/aromatic N) is 1. The minimum atomic E-state index is 0.909. The van der Waals surface area contributed by atoms with Crippen LogP contribution < -0.4 is 4.90 Å². The van der Waals surface area contributed by atoms with E-state index in [1.165, 1.54) is 16.8 Å². The fourth-order valence-corrected chi connectivity index (χ4v) is 1.82. The van der Waals surface area contributed by atoms with Crippen molar-refractivity contribution in [1.82, 2.24) is 0 Å². The summed E-state index contributed by atoms with van der Waals surface area (Å²) in [7, 11) is 4.19. The van der Waals surface area contributed by atoms with Crippen molar-refractivity contribution in [3.8, 4) is 0 Å². The highest BCUT2D eigenvalue weighted by Crippen LogP contribution is 2.21. The lowest BCUT2D eigenvalue weighted by Gasteiger charge is -2.18. The minimum Gasteiger partial charge on any atom is -0.377 e. The summed E-state index contributed by atoms with van der Waals surface area (Å²) < 4.78 is 0. The summed E-state index contributed by atoms with van der Waals surface area (Å²) in [5.74, 6) is 0.909. The lowest BCUT2D eigenvalue weighted by Crippen LogP contribution is -2.12. The molecule has 0 saturated heterocycles. The Morgan fingerprint density at radius 1 is 1.29 bits per heavy atom. The SMILES string of the molecule is CCc1ccc(CCS)c(N(C)C)c1. The van der Waals surface area contributed by atoms with E-state index in [1.54, 1.807) is 0 Å². The molecule has 0 heterocycles.